The highest BCUT2D eigenvalue weighted by atomic mass is 32.2. The molecular formula is C17H27N3O4S. The Morgan fingerprint density at radius 3 is 2.32 bits per heavy atom. The van der Waals surface area contributed by atoms with Crippen molar-refractivity contribution in [2.24, 2.45) is 5.73 Å². The molecule has 0 aromatic heterocycles. The maximum absolute atomic E-state index is 12.5. The van der Waals surface area contributed by atoms with Crippen LogP contribution in [0.1, 0.15) is 25.5 Å². The summed E-state index contributed by atoms with van der Waals surface area (Å²) in [4.78, 5) is 14.1. The van der Waals surface area contributed by atoms with Crippen LogP contribution in [0.25, 0.3) is 0 Å². The minimum atomic E-state index is -3.36. The summed E-state index contributed by atoms with van der Waals surface area (Å²) in [7, 11) is -3.36. The molecule has 0 bridgehead atoms. The van der Waals surface area contributed by atoms with E-state index in [0.29, 0.717) is 13.1 Å². The van der Waals surface area contributed by atoms with Gasteiger partial charge in [-0.2, -0.15) is 4.31 Å². The number of carbonyl (C=O) groups is 1. The highest BCUT2D eigenvalue weighted by Gasteiger charge is 2.30. The fraction of sp³-hybridized carbons (Fsp3) is 0.588. The highest BCUT2D eigenvalue weighted by Crippen LogP contribution is 2.16. The monoisotopic (exact) mass is 369 g/mol. The fourth-order valence-corrected chi connectivity index (χ4v) is 3.99. The molecule has 1 aliphatic rings. The molecule has 1 unspecified atom stereocenters. The van der Waals surface area contributed by atoms with E-state index >= 15 is 0 Å². The summed E-state index contributed by atoms with van der Waals surface area (Å²) >= 11 is 0. The third kappa shape index (κ3) is 5.50. The number of hydrogen-bond donors (Lipinski definition) is 1. The SMILES string of the molecule is CC(C)OCCS(=O)(=O)N1CCN(C(=O)C(N)c2ccccc2)CC1. The van der Waals surface area contributed by atoms with Crippen molar-refractivity contribution in [2.75, 3.05) is 38.5 Å². The highest BCUT2D eigenvalue weighted by molar-refractivity contribution is 7.89. The van der Waals surface area contributed by atoms with Gasteiger partial charge in [-0.15, -0.1) is 0 Å². The molecule has 1 fully saturated rings. The second-order valence-corrected chi connectivity index (χ2v) is 8.44. The third-order valence-corrected chi connectivity index (χ3v) is 6.00. The van der Waals surface area contributed by atoms with Gasteiger partial charge in [-0.3, -0.25) is 4.79 Å². The van der Waals surface area contributed by atoms with Crippen molar-refractivity contribution >= 4 is 15.9 Å². The molecule has 1 aromatic carbocycles. The predicted octanol–water partition coefficient (Wildman–Crippen LogP) is 0.585. The van der Waals surface area contributed by atoms with Crippen molar-refractivity contribution in [3.8, 4) is 0 Å². The first-order valence-corrected chi connectivity index (χ1v) is 10.1. The Morgan fingerprint density at radius 1 is 1.16 bits per heavy atom. The molecule has 8 heteroatoms. The Labute approximate surface area is 149 Å². The van der Waals surface area contributed by atoms with Gasteiger partial charge in [0, 0.05) is 26.2 Å². The molecular weight excluding hydrogens is 342 g/mol. The minimum Gasteiger partial charge on any atom is -0.378 e. The maximum Gasteiger partial charge on any atom is 0.244 e. The zero-order valence-electron chi connectivity index (χ0n) is 14.8. The van der Waals surface area contributed by atoms with Crippen LogP contribution in [0.4, 0.5) is 0 Å². The van der Waals surface area contributed by atoms with Gasteiger partial charge in [-0.1, -0.05) is 30.3 Å². The normalized spacial score (nSPS) is 17.7. The Bertz CT molecular complexity index is 656. The van der Waals surface area contributed by atoms with Gasteiger partial charge in [-0.05, 0) is 19.4 Å². The van der Waals surface area contributed by atoms with Crippen LogP contribution >= 0.6 is 0 Å². The zero-order valence-corrected chi connectivity index (χ0v) is 15.6. The standard InChI is InChI=1S/C17H27N3O4S/c1-14(2)24-12-13-25(22,23)20-10-8-19(9-11-20)17(21)16(18)15-6-4-3-5-7-15/h3-7,14,16H,8-13,18H2,1-2H3. The van der Waals surface area contributed by atoms with Crippen LogP contribution in [0, 0.1) is 0 Å². The van der Waals surface area contributed by atoms with Crippen LogP contribution in [0.5, 0.6) is 0 Å². The molecule has 0 spiro atoms. The van der Waals surface area contributed by atoms with E-state index in [-0.39, 0.29) is 37.5 Å². The van der Waals surface area contributed by atoms with E-state index in [9.17, 15) is 13.2 Å². The van der Waals surface area contributed by atoms with Crippen LogP contribution in [0.15, 0.2) is 30.3 Å². The van der Waals surface area contributed by atoms with Crippen molar-refractivity contribution in [3.63, 3.8) is 0 Å². The van der Waals surface area contributed by atoms with Crippen molar-refractivity contribution in [3.05, 3.63) is 35.9 Å². The number of rotatable bonds is 7. The van der Waals surface area contributed by atoms with Crippen molar-refractivity contribution < 1.29 is 17.9 Å². The Morgan fingerprint density at radius 2 is 1.76 bits per heavy atom. The smallest absolute Gasteiger partial charge is 0.244 e. The molecule has 1 aliphatic heterocycles. The van der Waals surface area contributed by atoms with Gasteiger partial charge in [0.05, 0.1) is 18.5 Å². The summed E-state index contributed by atoms with van der Waals surface area (Å²) < 4.78 is 31.4. The maximum atomic E-state index is 12.5. The number of nitrogens with zero attached hydrogens (tertiary/aromatic N) is 2. The molecule has 1 heterocycles. The van der Waals surface area contributed by atoms with Crippen molar-refractivity contribution in [1.82, 2.24) is 9.21 Å². The lowest BCUT2D eigenvalue weighted by Gasteiger charge is -2.35. The third-order valence-electron chi connectivity index (χ3n) is 4.16. The lowest BCUT2D eigenvalue weighted by Crippen LogP contribution is -2.53. The van der Waals surface area contributed by atoms with Gasteiger partial charge >= 0.3 is 0 Å². The van der Waals surface area contributed by atoms with Gasteiger partial charge in [0.1, 0.15) is 6.04 Å². The largest absolute Gasteiger partial charge is 0.378 e. The van der Waals surface area contributed by atoms with Gasteiger partial charge < -0.3 is 15.4 Å². The van der Waals surface area contributed by atoms with E-state index in [4.69, 9.17) is 10.5 Å². The first-order chi connectivity index (χ1) is 11.8. The number of sulfonamides is 1. The second-order valence-electron chi connectivity index (χ2n) is 6.35. The molecule has 140 valence electrons. The molecule has 1 amide bonds. The van der Waals surface area contributed by atoms with Crippen LogP contribution in [-0.4, -0.2) is 68.2 Å². The summed E-state index contributed by atoms with van der Waals surface area (Å²) in [5, 5.41) is 0. The average molecular weight is 369 g/mol. The molecule has 7 nitrogen and oxygen atoms in total. The lowest BCUT2D eigenvalue weighted by molar-refractivity contribution is -0.133. The topological polar surface area (TPSA) is 92.9 Å². The number of hydrogen-bond acceptors (Lipinski definition) is 5. The Balaban J connectivity index is 1.87. The molecule has 0 saturated carbocycles. The molecule has 2 rings (SSSR count). The van der Waals surface area contributed by atoms with E-state index < -0.39 is 16.1 Å². The number of carbonyl (C=O) groups excluding carboxylic acids is 1. The zero-order chi connectivity index (χ0) is 18.4. The summed E-state index contributed by atoms with van der Waals surface area (Å²) in [5.41, 5.74) is 6.80. The van der Waals surface area contributed by atoms with Crippen molar-refractivity contribution in [1.29, 1.82) is 0 Å². The number of benzene rings is 1. The van der Waals surface area contributed by atoms with Gasteiger partial charge in [0.15, 0.2) is 0 Å². The number of amides is 1. The molecule has 0 radical (unpaired) electrons. The van der Waals surface area contributed by atoms with Crippen molar-refractivity contribution in [2.45, 2.75) is 26.0 Å². The molecule has 1 aromatic rings. The van der Waals surface area contributed by atoms with Crippen LogP contribution < -0.4 is 5.73 Å². The number of ether oxygens (including phenoxy) is 1. The minimum absolute atomic E-state index is 0.00384. The molecule has 1 atom stereocenters. The first kappa shape index (κ1) is 19.8. The molecule has 1 saturated heterocycles. The number of nitrogens with two attached hydrogens (primary N) is 1. The fourth-order valence-electron chi connectivity index (χ4n) is 2.70. The van der Waals surface area contributed by atoms with Gasteiger partial charge in [0.2, 0.25) is 15.9 Å². The molecule has 25 heavy (non-hydrogen) atoms. The predicted molar refractivity (Wildman–Crippen MR) is 96.4 cm³/mol. The van der Waals surface area contributed by atoms with Crippen LogP contribution in [0.2, 0.25) is 0 Å². The Hall–Kier alpha value is -1.48. The average Bonchev–Trinajstić information content (AvgIpc) is 2.61. The van der Waals surface area contributed by atoms with E-state index in [1.54, 1.807) is 4.90 Å². The number of piperazine rings is 1. The quantitative estimate of drug-likeness (QED) is 0.759. The van der Waals surface area contributed by atoms with Gasteiger partial charge in [-0.25, -0.2) is 8.42 Å². The molecule has 0 aliphatic carbocycles. The van der Waals surface area contributed by atoms with Crippen LogP contribution in [-0.2, 0) is 19.6 Å². The summed E-state index contributed by atoms with van der Waals surface area (Å²) in [5.74, 6) is -0.214. The van der Waals surface area contributed by atoms with E-state index in [0.717, 1.165) is 5.56 Å². The summed E-state index contributed by atoms with van der Waals surface area (Å²) in [6.45, 7) is 5.19. The summed E-state index contributed by atoms with van der Waals surface area (Å²) in [6.07, 6.45) is 0.00384. The summed E-state index contributed by atoms with van der Waals surface area (Å²) in [6, 6.07) is 8.46. The van der Waals surface area contributed by atoms with E-state index in [1.165, 1.54) is 4.31 Å². The van der Waals surface area contributed by atoms with Crippen LogP contribution in [0.3, 0.4) is 0 Å². The Kier molecular flexibility index (Phi) is 6.95. The van der Waals surface area contributed by atoms with E-state index in [2.05, 4.69) is 0 Å². The first-order valence-electron chi connectivity index (χ1n) is 8.50. The lowest BCUT2D eigenvalue weighted by atomic mass is 10.1. The van der Waals surface area contributed by atoms with E-state index in [1.807, 2.05) is 44.2 Å². The van der Waals surface area contributed by atoms with Gasteiger partial charge in [0.25, 0.3) is 0 Å². The molecule has 2 N–H and O–H groups in total. The second kappa shape index (κ2) is 8.75.